The van der Waals surface area contributed by atoms with E-state index in [9.17, 15) is 0 Å². The standard InChI is InChI=1S/C19H27N3O2S/c1-14-9-11-25-18(14)13-21-19(20-2)22(3)10-8-15-6-7-16(23-4)17(12-15)24-5/h6-7,9,11-12H,8,10,13H2,1-5H3,(H,20,21). The summed E-state index contributed by atoms with van der Waals surface area (Å²) in [4.78, 5) is 7.86. The average Bonchev–Trinajstić information content (AvgIpc) is 3.05. The number of hydrogen-bond donors (Lipinski definition) is 1. The van der Waals surface area contributed by atoms with E-state index in [1.807, 2.05) is 19.2 Å². The number of aliphatic imine (C=N–C) groups is 1. The molecular weight excluding hydrogens is 334 g/mol. The van der Waals surface area contributed by atoms with E-state index in [-0.39, 0.29) is 0 Å². The second-order valence-corrected chi connectivity index (χ2v) is 6.79. The fourth-order valence-electron chi connectivity index (χ4n) is 2.57. The van der Waals surface area contributed by atoms with Crippen molar-refractivity contribution >= 4 is 17.3 Å². The zero-order chi connectivity index (χ0) is 18.2. The van der Waals surface area contributed by atoms with Crippen LogP contribution in [0.4, 0.5) is 0 Å². The third kappa shape index (κ3) is 5.13. The Kier molecular flexibility index (Phi) is 7.13. The van der Waals surface area contributed by atoms with E-state index in [2.05, 4.69) is 46.7 Å². The quantitative estimate of drug-likeness (QED) is 0.607. The Bertz CT molecular complexity index is 712. The van der Waals surface area contributed by atoms with Crippen molar-refractivity contribution in [3.63, 3.8) is 0 Å². The molecule has 0 saturated carbocycles. The second kappa shape index (κ2) is 9.32. The fourth-order valence-corrected chi connectivity index (χ4v) is 3.41. The first kappa shape index (κ1) is 19.1. The van der Waals surface area contributed by atoms with Crippen LogP contribution in [0.25, 0.3) is 0 Å². The van der Waals surface area contributed by atoms with Crippen LogP contribution in [0.15, 0.2) is 34.6 Å². The Morgan fingerprint density at radius 3 is 2.56 bits per heavy atom. The highest BCUT2D eigenvalue weighted by atomic mass is 32.1. The van der Waals surface area contributed by atoms with E-state index in [1.54, 1.807) is 25.6 Å². The molecule has 25 heavy (non-hydrogen) atoms. The summed E-state index contributed by atoms with van der Waals surface area (Å²) < 4.78 is 10.7. The van der Waals surface area contributed by atoms with Crippen molar-refractivity contribution in [2.45, 2.75) is 19.9 Å². The molecule has 2 aromatic rings. The van der Waals surface area contributed by atoms with Gasteiger partial charge in [0.2, 0.25) is 0 Å². The van der Waals surface area contributed by atoms with Crippen molar-refractivity contribution in [1.29, 1.82) is 0 Å². The van der Waals surface area contributed by atoms with Gasteiger partial charge in [0, 0.05) is 25.5 Å². The number of ether oxygens (including phenoxy) is 2. The number of rotatable bonds is 7. The molecule has 0 aliphatic carbocycles. The highest BCUT2D eigenvalue weighted by Crippen LogP contribution is 2.27. The molecule has 0 radical (unpaired) electrons. The number of methoxy groups -OCH3 is 2. The maximum atomic E-state index is 5.37. The molecule has 6 heteroatoms. The van der Waals surface area contributed by atoms with Crippen molar-refractivity contribution in [1.82, 2.24) is 10.2 Å². The van der Waals surface area contributed by atoms with Crippen LogP contribution in [0.1, 0.15) is 16.0 Å². The van der Waals surface area contributed by atoms with Crippen LogP contribution in [-0.4, -0.2) is 45.7 Å². The summed E-state index contributed by atoms with van der Waals surface area (Å²) in [6.45, 7) is 3.80. The lowest BCUT2D eigenvalue weighted by molar-refractivity contribution is 0.354. The summed E-state index contributed by atoms with van der Waals surface area (Å²) in [5.41, 5.74) is 2.52. The molecule has 0 unspecified atom stereocenters. The zero-order valence-corrected chi connectivity index (χ0v) is 16.4. The van der Waals surface area contributed by atoms with Gasteiger partial charge in [-0.05, 0) is 48.1 Å². The van der Waals surface area contributed by atoms with Gasteiger partial charge < -0.3 is 19.7 Å². The number of benzene rings is 1. The molecule has 0 spiro atoms. The number of nitrogens with zero attached hydrogens (tertiary/aromatic N) is 2. The summed E-state index contributed by atoms with van der Waals surface area (Å²) in [5, 5.41) is 5.55. The Balaban J connectivity index is 1.91. The van der Waals surface area contributed by atoms with E-state index in [0.717, 1.165) is 37.0 Å². The van der Waals surface area contributed by atoms with Crippen LogP contribution in [0.3, 0.4) is 0 Å². The Morgan fingerprint density at radius 2 is 1.96 bits per heavy atom. The van der Waals surface area contributed by atoms with Crippen LogP contribution < -0.4 is 14.8 Å². The molecule has 0 amide bonds. The van der Waals surface area contributed by atoms with Crippen LogP contribution >= 0.6 is 11.3 Å². The van der Waals surface area contributed by atoms with Gasteiger partial charge in [-0.2, -0.15) is 0 Å². The SMILES string of the molecule is CN=C(NCc1sccc1C)N(C)CCc1ccc(OC)c(OC)c1. The van der Waals surface area contributed by atoms with E-state index < -0.39 is 0 Å². The largest absolute Gasteiger partial charge is 0.493 e. The maximum absolute atomic E-state index is 5.37. The molecule has 0 atom stereocenters. The first-order valence-corrected chi connectivity index (χ1v) is 9.12. The molecule has 1 aromatic heterocycles. The lowest BCUT2D eigenvalue weighted by Crippen LogP contribution is -2.39. The molecule has 1 heterocycles. The lowest BCUT2D eigenvalue weighted by Gasteiger charge is -2.22. The molecule has 1 aromatic carbocycles. The number of guanidine groups is 1. The van der Waals surface area contributed by atoms with E-state index in [1.165, 1.54) is 16.0 Å². The summed E-state index contributed by atoms with van der Waals surface area (Å²) in [7, 11) is 7.18. The van der Waals surface area contributed by atoms with Gasteiger partial charge in [-0.1, -0.05) is 6.07 Å². The summed E-state index contributed by atoms with van der Waals surface area (Å²) in [6.07, 6.45) is 0.898. The first-order chi connectivity index (χ1) is 12.1. The molecule has 0 aliphatic rings. The number of hydrogen-bond acceptors (Lipinski definition) is 4. The van der Waals surface area contributed by atoms with Crippen molar-refractivity contribution in [2.75, 3.05) is 34.9 Å². The van der Waals surface area contributed by atoms with Gasteiger partial charge in [-0.25, -0.2) is 0 Å². The molecule has 1 N–H and O–H groups in total. The Hall–Kier alpha value is -2.21. The molecular formula is C19H27N3O2S. The molecule has 0 bridgehead atoms. The molecule has 0 saturated heterocycles. The van der Waals surface area contributed by atoms with Gasteiger partial charge in [-0.15, -0.1) is 11.3 Å². The molecule has 0 fully saturated rings. The minimum absolute atomic E-state index is 0.753. The Labute approximate surface area is 154 Å². The fraction of sp³-hybridized carbons (Fsp3) is 0.421. The minimum Gasteiger partial charge on any atom is -0.493 e. The normalized spacial score (nSPS) is 11.3. The summed E-state index contributed by atoms with van der Waals surface area (Å²) in [5.74, 6) is 2.41. The van der Waals surface area contributed by atoms with Gasteiger partial charge in [0.25, 0.3) is 0 Å². The van der Waals surface area contributed by atoms with Crippen LogP contribution in [-0.2, 0) is 13.0 Å². The first-order valence-electron chi connectivity index (χ1n) is 8.24. The second-order valence-electron chi connectivity index (χ2n) is 5.79. The highest BCUT2D eigenvalue weighted by molar-refractivity contribution is 7.10. The maximum Gasteiger partial charge on any atom is 0.193 e. The number of nitrogens with one attached hydrogen (secondary N) is 1. The number of aryl methyl sites for hydroxylation is 1. The van der Waals surface area contributed by atoms with Crippen molar-refractivity contribution in [3.8, 4) is 11.5 Å². The van der Waals surface area contributed by atoms with Crippen molar-refractivity contribution < 1.29 is 9.47 Å². The van der Waals surface area contributed by atoms with Crippen LogP contribution in [0.5, 0.6) is 11.5 Å². The predicted molar refractivity (Wildman–Crippen MR) is 105 cm³/mol. The smallest absolute Gasteiger partial charge is 0.193 e. The van der Waals surface area contributed by atoms with Gasteiger partial charge in [0.15, 0.2) is 17.5 Å². The van der Waals surface area contributed by atoms with E-state index in [4.69, 9.17) is 9.47 Å². The van der Waals surface area contributed by atoms with Crippen LogP contribution in [0.2, 0.25) is 0 Å². The molecule has 2 rings (SSSR count). The van der Waals surface area contributed by atoms with Crippen LogP contribution in [0, 0.1) is 6.92 Å². The van der Waals surface area contributed by atoms with Gasteiger partial charge in [0.05, 0.1) is 20.8 Å². The molecule has 136 valence electrons. The monoisotopic (exact) mass is 361 g/mol. The summed E-state index contributed by atoms with van der Waals surface area (Å²) in [6, 6.07) is 8.18. The van der Waals surface area contributed by atoms with E-state index in [0.29, 0.717) is 0 Å². The van der Waals surface area contributed by atoms with Gasteiger partial charge >= 0.3 is 0 Å². The van der Waals surface area contributed by atoms with E-state index >= 15 is 0 Å². The molecule has 0 aliphatic heterocycles. The Morgan fingerprint density at radius 1 is 1.20 bits per heavy atom. The highest BCUT2D eigenvalue weighted by Gasteiger charge is 2.09. The summed E-state index contributed by atoms with van der Waals surface area (Å²) >= 11 is 1.77. The van der Waals surface area contributed by atoms with Crippen molar-refractivity contribution in [3.05, 3.63) is 45.6 Å². The third-order valence-electron chi connectivity index (χ3n) is 4.13. The predicted octanol–water partition coefficient (Wildman–Crippen LogP) is 3.32. The topological polar surface area (TPSA) is 46.1 Å². The average molecular weight is 362 g/mol. The number of thiophene rings is 1. The number of likely N-dealkylation sites (N-methyl/N-ethyl adjacent to an activating group) is 1. The minimum atomic E-state index is 0.753. The zero-order valence-electron chi connectivity index (χ0n) is 15.6. The van der Waals surface area contributed by atoms with Gasteiger partial charge in [-0.3, -0.25) is 4.99 Å². The third-order valence-corrected chi connectivity index (χ3v) is 5.16. The van der Waals surface area contributed by atoms with Gasteiger partial charge in [0.1, 0.15) is 0 Å². The van der Waals surface area contributed by atoms with Crippen molar-refractivity contribution in [2.24, 2.45) is 4.99 Å². The lowest BCUT2D eigenvalue weighted by atomic mass is 10.1. The molecule has 5 nitrogen and oxygen atoms in total.